The van der Waals surface area contributed by atoms with Gasteiger partial charge in [-0.2, -0.15) is 0 Å². The van der Waals surface area contributed by atoms with Crippen molar-refractivity contribution in [2.24, 2.45) is 5.92 Å². The molecule has 0 saturated heterocycles. The lowest BCUT2D eigenvalue weighted by Gasteiger charge is -2.17. The highest BCUT2D eigenvalue weighted by atomic mass is 16.7. The zero-order chi connectivity index (χ0) is 12.4. The van der Waals surface area contributed by atoms with Crippen LogP contribution in [0, 0.1) is 5.92 Å². The molecule has 0 radical (unpaired) electrons. The standard InChI is InChI=1S/C12H14O5/c1-7(12(14)15-2)11(13)8-3-4-9-10(5-8)17-6-16-9/h3-5,7,11,13H,6H2,1-2H3. The van der Waals surface area contributed by atoms with Gasteiger partial charge in [0.05, 0.1) is 19.1 Å². The summed E-state index contributed by atoms with van der Waals surface area (Å²) in [6.07, 6.45) is -0.919. The van der Waals surface area contributed by atoms with E-state index in [2.05, 4.69) is 4.74 Å². The predicted molar refractivity (Wildman–Crippen MR) is 58.7 cm³/mol. The highest BCUT2D eigenvalue weighted by Gasteiger charge is 2.25. The van der Waals surface area contributed by atoms with Gasteiger partial charge < -0.3 is 19.3 Å². The third kappa shape index (κ3) is 2.19. The summed E-state index contributed by atoms with van der Waals surface area (Å²) in [4.78, 5) is 11.3. The van der Waals surface area contributed by atoms with Crippen LogP contribution in [0.25, 0.3) is 0 Å². The molecule has 0 saturated carbocycles. The Bertz CT molecular complexity index is 429. The van der Waals surface area contributed by atoms with Crippen LogP contribution in [0.4, 0.5) is 0 Å². The smallest absolute Gasteiger partial charge is 0.311 e. The van der Waals surface area contributed by atoms with Crippen molar-refractivity contribution in [1.29, 1.82) is 0 Å². The maximum atomic E-state index is 11.3. The number of aliphatic hydroxyl groups excluding tert-OH is 1. The number of carbonyl (C=O) groups is 1. The van der Waals surface area contributed by atoms with E-state index in [1.165, 1.54) is 7.11 Å². The number of esters is 1. The van der Waals surface area contributed by atoms with Crippen LogP contribution in [0.15, 0.2) is 18.2 Å². The molecule has 1 heterocycles. The van der Waals surface area contributed by atoms with Gasteiger partial charge in [0.1, 0.15) is 0 Å². The number of benzene rings is 1. The maximum absolute atomic E-state index is 11.3. The van der Waals surface area contributed by atoms with Crippen LogP contribution in [-0.2, 0) is 9.53 Å². The first-order valence-electron chi connectivity index (χ1n) is 5.29. The highest BCUT2D eigenvalue weighted by molar-refractivity contribution is 5.72. The molecule has 1 aromatic carbocycles. The fourth-order valence-electron chi connectivity index (χ4n) is 1.70. The number of hydrogen-bond donors (Lipinski definition) is 1. The lowest BCUT2D eigenvalue weighted by molar-refractivity contribution is -0.148. The summed E-state index contributed by atoms with van der Waals surface area (Å²) in [5, 5.41) is 10.0. The minimum Gasteiger partial charge on any atom is -0.469 e. The Labute approximate surface area is 98.9 Å². The van der Waals surface area contributed by atoms with E-state index in [0.29, 0.717) is 17.1 Å². The topological polar surface area (TPSA) is 65.0 Å². The molecule has 2 atom stereocenters. The molecule has 2 unspecified atom stereocenters. The Morgan fingerprint density at radius 1 is 1.41 bits per heavy atom. The van der Waals surface area contributed by atoms with Crippen molar-refractivity contribution in [1.82, 2.24) is 0 Å². The predicted octanol–water partition coefficient (Wildman–Crippen LogP) is 1.26. The van der Waals surface area contributed by atoms with Crippen LogP contribution in [0.3, 0.4) is 0 Å². The van der Waals surface area contributed by atoms with E-state index >= 15 is 0 Å². The van der Waals surface area contributed by atoms with Gasteiger partial charge in [0.25, 0.3) is 0 Å². The summed E-state index contributed by atoms with van der Waals surface area (Å²) < 4.78 is 15.0. The monoisotopic (exact) mass is 238 g/mol. The van der Waals surface area contributed by atoms with Gasteiger partial charge in [-0.05, 0) is 24.6 Å². The highest BCUT2D eigenvalue weighted by Crippen LogP contribution is 2.35. The number of hydrogen-bond acceptors (Lipinski definition) is 5. The first-order chi connectivity index (χ1) is 8.13. The van der Waals surface area contributed by atoms with Gasteiger partial charge in [-0.1, -0.05) is 6.07 Å². The number of ether oxygens (including phenoxy) is 3. The van der Waals surface area contributed by atoms with Crippen molar-refractivity contribution in [2.45, 2.75) is 13.0 Å². The molecule has 2 rings (SSSR count). The molecular weight excluding hydrogens is 224 g/mol. The summed E-state index contributed by atoms with van der Waals surface area (Å²) in [5.74, 6) is 0.154. The minimum atomic E-state index is -0.919. The molecule has 0 fully saturated rings. The Kier molecular flexibility index (Phi) is 3.19. The first-order valence-corrected chi connectivity index (χ1v) is 5.29. The zero-order valence-electron chi connectivity index (χ0n) is 9.67. The van der Waals surface area contributed by atoms with Crippen LogP contribution in [0.5, 0.6) is 11.5 Å². The number of methoxy groups -OCH3 is 1. The molecule has 92 valence electrons. The lowest BCUT2D eigenvalue weighted by atomic mass is 9.97. The minimum absolute atomic E-state index is 0.182. The van der Waals surface area contributed by atoms with Crippen molar-refractivity contribution >= 4 is 5.97 Å². The van der Waals surface area contributed by atoms with E-state index in [1.807, 2.05) is 0 Å². The Balaban J connectivity index is 2.19. The van der Waals surface area contributed by atoms with E-state index in [4.69, 9.17) is 9.47 Å². The number of aliphatic hydroxyl groups is 1. The van der Waals surface area contributed by atoms with Gasteiger partial charge in [-0.25, -0.2) is 0 Å². The largest absolute Gasteiger partial charge is 0.469 e. The van der Waals surface area contributed by atoms with E-state index in [9.17, 15) is 9.90 Å². The normalized spacial score (nSPS) is 16.4. The van der Waals surface area contributed by atoms with Gasteiger partial charge in [0.2, 0.25) is 6.79 Å². The van der Waals surface area contributed by atoms with Crippen molar-refractivity contribution in [3.05, 3.63) is 23.8 Å². The van der Waals surface area contributed by atoms with Crippen molar-refractivity contribution < 1.29 is 24.1 Å². The molecule has 1 aliphatic heterocycles. The van der Waals surface area contributed by atoms with Gasteiger partial charge in [0, 0.05) is 0 Å². The Morgan fingerprint density at radius 2 is 2.12 bits per heavy atom. The average molecular weight is 238 g/mol. The second-order valence-electron chi connectivity index (χ2n) is 3.87. The van der Waals surface area contributed by atoms with Crippen LogP contribution in [0.1, 0.15) is 18.6 Å². The zero-order valence-corrected chi connectivity index (χ0v) is 9.67. The quantitative estimate of drug-likeness (QED) is 0.803. The molecule has 0 bridgehead atoms. The average Bonchev–Trinajstić information content (AvgIpc) is 2.83. The molecule has 0 amide bonds. The molecule has 17 heavy (non-hydrogen) atoms. The molecule has 5 heteroatoms. The molecular formula is C12H14O5. The van der Waals surface area contributed by atoms with Crippen LogP contribution >= 0.6 is 0 Å². The fourth-order valence-corrected chi connectivity index (χ4v) is 1.70. The van der Waals surface area contributed by atoms with E-state index < -0.39 is 18.0 Å². The molecule has 5 nitrogen and oxygen atoms in total. The van der Waals surface area contributed by atoms with Gasteiger partial charge in [-0.15, -0.1) is 0 Å². The number of carbonyl (C=O) groups excluding carboxylic acids is 1. The summed E-state index contributed by atoms with van der Waals surface area (Å²) in [7, 11) is 1.30. The van der Waals surface area contributed by atoms with Crippen LogP contribution < -0.4 is 9.47 Å². The van der Waals surface area contributed by atoms with E-state index in [1.54, 1.807) is 25.1 Å². The van der Waals surface area contributed by atoms with E-state index in [0.717, 1.165) is 0 Å². The molecule has 1 N–H and O–H groups in total. The number of fused-ring (bicyclic) bond motifs is 1. The van der Waals surface area contributed by atoms with Crippen molar-refractivity contribution in [2.75, 3.05) is 13.9 Å². The first kappa shape index (κ1) is 11.7. The number of rotatable bonds is 3. The fraction of sp³-hybridized carbons (Fsp3) is 0.417. The second kappa shape index (κ2) is 4.63. The molecule has 0 spiro atoms. The van der Waals surface area contributed by atoms with Gasteiger partial charge in [-0.3, -0.25) is 4.79 Å². The molecule has 1 aromatic rings. The van der Waals surface area contributed by atoms with Crippen molar-refractivity contribution in [3.8, 4) is 11.5 Å². The van der Waals surface area contributed by atoms with Crippen LogP contribution in [0.2, 0.25) is 0 Å². The summed E-state index contributed by atoms with van der Waals surface area (Å²) in [5.41, 5.74) is 0.604. The van der Waals surface area contributed by atoms with E-state index in [-0.39, 0.29) is 6.79 Å². The van der Waals surface area contributed by atoms with Crippen LogP contribution in [-0.4, -0.2) is 25.0 Å². The molecule has 0 aromatic heterocycles. The molecule has 0 aliphatic carbocycles. The second-order valence-corrected chi connectivity index (χ2v) is 3.87. The van der Waals surface area contributed by atoms with Gasteiger partial charge >= 0.3 is 5.97 Å². The lowest BCUT2D eigenvalue weighted by Crippen LogP contribution is -2.20. The Morgan fingerprint density at radius 3 is 2.82 bits per heavy atom. The third-order valence-corrected chi connectivity index (χ3v) is 2.78. The Hall–Kier alpha value is -1.75. The third-order valence-electron chi connectivity index (χ3n) is 2.78. The SMILES string of the molecule is COC(=O)C(C)C(O)c1ccc2c(c1)OCO2. The summed E-state index contributed by atoms with van der Waals surface area (Å²) in [6.45, 7) is 1.79. The summed E-state index contributed by atoms with van der Waals surface area (Å²) in [6, 6.07) is 5.09. The summed E-state index contributed by atoms with van der Waals surface area (Å²) >= 11 is 0. The molecule has 1 aliphatic rings. The van der Waals surface area contributed by atoms with Gasteiger partial charge in [0.15, 0.2) is 11.5 Å². The maximum Gasteiger partial charge on any atom is 0.311 e. The van der Waals surface area contributed by atoms with Crippen molar-refractivity contribution in [3.63, 3.8) is 0 Å².